The molecule has 1 N–H and O–H groups in total. The summed E-state index contributed by atoms with van der Waals surface area (Å²) in [6, 6.07) is 12.5. The number of benzene rings is 1. The number of carbonyl (C=O) groups excluding carboxylic acids is 1. The van der Waals surface area contributed by atoms with Crippen LogP contribution in [0.1, 0.15) is 48.7 Å². The fraction of sp³-hybridized carbons (Fsp3) is 0.375. The van der Waals surface area contributed by atoms with E-state index in [1.807, 2.05) is 36.1 Å². The van der Waals surface area contributed by atoms with Crippen molar-refractivity contribution in [3.63, 3.8) is 0 Å². The summed E-state index contributed by atoms with van der Waals surface area (Å²) in [7, 11) is 0. The number of hydrogen-bond donors (Lipinski definition) is 1. The Kier molecular flexibility index (Phi) is 6.23. The highest BCUT2D eigenvalue weighted by Gasteiger charge is 2.28. The predicted octanol–water partition coefficient (Wildman–Crippen LogP) is 5.81. The first kappa shape index (κ1) is 20.7. The van der Waals surface area contributed by atoms with E-state index in [-0.39, 0.29) is 5.91 Å². The van der Waals surface area contributed by atoms with Gasteiger partial charge in [0.15, 0.2) is 5.65 Å². The molecule has 6 heteroatoms. The minimum absolute atomic E-state index is 0.0556. The molecule has 1 aliphatic heterocycles. The largest absolute Gasteiger partial charge is 0.354 e. The van der Waals surface area contributed by atoms with Gasteiger partial charge in [0, 0.05) is 40.4 Å². The van der Waals surface area contributed by atoms with E-state index in [1.165, 1.54) is 11.3 Å². The number of anilines is 2. The smallest absolute Gasteiger partial charge is 0.257 e. The van der Waals surface area contributed by atoms with Crippen LogP contribution in [0.25, 0.3) is 11.0 Å². The number of fused-ring (bicyclic) bond motifs is 1. The van der Waals surface area contributed by atoms with Gasteiger partial charge in [-0.3, -0.25) is 4.79 Å². The van der Waals surface area contributed by atoms with Crippen LogP contribution in [-0.4, -0.2) is 39.6 Å². The van der Waals surface area contributed by atoms with Crippen LogP contribution in [0.5, 0.6) is 0 Å². The maximum absolute atomic E-state index is 13.6. The summed E-state index contributed by atoms with van der Waals surface area (Å²) in [5.74, 6) is 0.0556. The van der Waals surface area contributed by atoms with Crippen LogP contribution in [0.2, 0.25) is 0 Å². The Morgan fingerprint density at radius 1 is 1.27 bits per heavy atom. The molecule has 1 atom stereocenters. The number of nitrogens with one attached hydrogen (secondary N) is 1. The van der Waals surface area contributed by atoms with Crippen molar-refractivity contribution in [2.24, 2.45) is 0 Å². The van der Waals surface area contributed by atoms with Gasteiger partial charge in [-0.1, -0.05) is 13.0 Å². The molecule has 156 valence electrons. The number of aromatic nitrogens is 2. The number of carbonyl (C=O) groups is 1. The molecular weight excluding hydrogens is 392 g/mol. The van der Waals surface area contributed by atoms with E-state index >= 15 is 0 Å². The molecule has 0 spiro atoms. The van der Waals surface area contributed by atoms with E-state index in [9.17, 15) is 4.79 Å². The number of rotatable bonds is 5. The highest BCUT2D eigenvalue weighted by Crippen LogP contribution is 2.32. The second-order valence-corrected chi connectivity index (χ2v) is 8.66. The molecule has 0 unspecified atom stereocenters. The number of pyridine rings is 2. The van der Waals surface area contributed by atoms with E-state index in [4.69, 9.17) is 0 Å². The van der Waals surface area contributed by atoms with Crippen LogP contribution in [-0.2, 0) is 0 Å². The van der Waals surface area contributed by atoms with Gasteiger partial charge in [-0.15, -0.1) is 11.8 Å². The minimum Gasteiger partial charge on any atom is -0.354 e. The van der Waals surface area contributed by atoms with Crippen molar-refractivity contribution in [2.45, 2.75) is 50.5 Å². The third kappa shape index (κ3) is 4.15. The number of thioether (sulfide) groups is 1. The van der Waals surface area contributed by atoms with Gasteiger partial charge in [0.25, 0.3) is 5.91 Å². The van der Waals surface area contributed by atoms with E-state index in [0.717, 1.165) is 48.3 Å². The monoisotopic (exact) mass is 420 g/mol. The Morgan fingerprint density at radius 2 is 2.13 bits per heavy atom. The predicted molar refractivity (Wildman–Crippen MR) is 125 cm³/mol. The molecule has 0 saturated carbocycles. The summed E-state index contributed by atoms with van der Waals surface area (Å²) in [6.07, 6.45) is 8.05. The van der Waals surface area contributed by atoms with Gasteiger partial charge in [-0.05, 0) is 69.2 Å². The second kappa shape index (κ2) is 9.04. The molecule has 0 radical (unpaired) electrons. The molecule has 3 heterocycles. The summed E-state index contributed by atoms with van der Waals surface area (Å²) < 4.78 is 0. The summed E-state index contributed by atoms with van der Waals surface area (Å²) in [5, 5.41) is 4.39. The highest BCUT2D eigenvalue weighted by atomic mass is 32.2. The van der Waals surface area contributed by atoms with Crippen LogP contribution in [0.4, 0.5) is 11.4 Å². The van der Waals surface area contributed by atoms with Gasteiger partial charge >= 0.3 is 0 Å². The molecule has 1 amide bonds. The zero-order valence-corrected chi connectivity index (χ0v) is 18.6. The van der Waals surface area contributed by atoms with Crippen molar-refractivity contribution >= 4 is 40.1 Å². The second-order valence-electron chi connectivity index (χ2n) is 7.78. The van der Waals surface area contributed by atoms with Crippen molar-refractivity contribution in [1.29, 1.82) is 0 Å². The Hall–Kier alpha value is -2.60. The maximum atomic E-state index is 13.6. The number of likely N-dealkylation sites (tertiary alicyclic amines) is 1. The Labute approximate surface area is 182 Å². The summed E-state index contributed by atoms with van der Waals surface area (Å²) in [4.78, 5) is 26.0. The third-order valence-electron chi connectivity index (χ3n) is 5.80. The standard InChI is InChI=1S/C24H28N4OS/c1-4-18-9-5-6-13-28(18)24(29)21-15-25-23-20(12-11-16(2)26-23)22(21)27-17-8-7-10-19(14-17)30-3/h7-8,10-12,14-15,18H,4-6,9,13H2,1-3H3,(H,25,26,27)/t18-/m1/s1. The van der Waals surface area contributed by atoms with Crippen molar-refractivity contribution in [2.75, 3.05) is 18.1 Å². The lowest BCUT2D eigenvalue weighted by atomic mass is 9.98. The summed E-state index contributed by atoms with van der Waals surface area (Å²) in [5.41, 5.74) is 3.92. The molecule has 0 bridgehead atoms. The molecule has 1 aromatic carbocycles. The van der Waals surface area contributed by atoms with Gasteiger partial charge in [-0.2, -0.15) is 0 Å². The van der Waals surface area contributed by atoms with Gasteiger partial charge < -0.3 is 10.2 Å². The van der Waals surface area contributed by atoms with E-state index < -0.39 is 0 Å². The van der Waals surface area contributed by atoms with Crippen molar-refractivity contribution in [1.82, 2.24) is 14.9 Å². The number of amides is 1. The van der Waals surface area contributed by atoms with Gasteiger partial charge in [0.2, 0.25) is 0 Å². The molecule has 0 aliphatic carbocycles. The third-order valence-corrected chi connectivity index (χ3v) is 6.52. The summed E-state index contributed by atoms with van der Waals surface area (Å²) >= 11 is 1.70. The Balaban J connectivity index is 1.81. The zero-order chi connectivity index (χ0) is 21.1. The topological polar surface area (TPSA) is 58.1 Å². The average Bonchev–Trinajstić information content (AvgIpc) is 2.78. The first-order valence-corrected chi connectivity index (χ1v) is 11.8. The van der Waals surface area contributed by atoms with Gasteiger partial charge in [0.1, 0.15) is 0 Å². The van der Waals surface area contributed by atoms with Crippen molar-refractivity contribution in [3.05, 3.63) is 53.9 Å². The highest BCUT2D eigenvalue weighted by molar-refractivity contribution is 7.98. The lowest BCUT2D eigenvalue weighted by Crippen LogP contribution is -2.43. The number of hydrogen-bond acceptors (Lipinski definition) is 5. The Morgan fingerprint density at radius 3 is 2.93 bits per heavy atom. The lowest BCUT2D eigenvalue weighted by Gasteiger charge is -2.35. The lowest BCUT2D eigenvalue weighted by molar-refractivity contribution is 0.0609. The molecule has 1 aliphatic rings. The van der Waals surface area contributed by atoms with E-state index in [2.05, 4.69) is 40.6 Å². The quantitative estimate of drug-likeness (QED) is 0.528. The van der Waals surface area contributed by atoms with Crippen LogP contribution >= 0.6 is 11.8 Å². The molecule has 1 saturated heterocycles. The first-order chi connectivity index (χ1) is 14.6. The molecule has 3 aromatic rings. The molecule has 5 nitrogen and oxygen atoms in total. The van der Waals surface area contributed by atoms with E-state index in [1.54, 1.807) is 18.0 Å². The minimum atomic E-state index is 0.0556. The molecular formula is C24H28N4OS. The SMILES string of the molecule is CC[C@@H]1CCCCN1C(=O)c1cnc2nc(C)ccc2c1Nc1cccc(SC)c1. The fourth-order valence-corrected chi connectivity index (χ4v) is 4.62. The average molecular weight is 421 g/mol. The maximum Gasteiger partial charge on any atom is 0.257 e. The van der Waals surface area contributed by atoms with Crippen LogP contribution < -0.4 is 5.32 Å². The van der Waals surface area contributed by atoms with E-state index in [0.29, 0.717) is 17.3 Å². The fourth-order valence-electron chi connectivity index (χ4n) is 4.16. The number of nitrogens with zero attached hydrogens (tertiary/aromatic N) is 3. The summed E-state index contributed by atoms with van der Waals surface area (Å²) in [6.45, 7) is 4.92. The molecule has 4 rings (SSSR count). The van der Waals surface area contributed by atoms with Crippen molar-refractivity contribution in [3.8, 4) is 0 Å². The van der Waals surface area contributed by atoms with Gasteiger partial charge in [0.05, 0.1) is 11.3 Å². The molecule has 30 heavy (non-hydrogen) atoms. The van der Waals surface area contributed by atoms with Crippen molar-refractivity contribution < 1.29 is 4.79 Å². The van der Waals surface area contributed by atoms with Crippen LogP contribution in [0.15, 0.2) is 47.5 Å². The number of aryl methyl sites for hydroxylation is 1. The Bertz CT molecular complexity index is 1070. The normalized spacial score (nSPS) is 16.6. The van der Waals surface area contributed by atoms with Gasteiger partial charge in [-0.25, -0.2) is 9.97 Å². The van der Waals surface area contributed by atoms with Crippen LogP contribution in [0.3, 0.4) is 0 Å². The number of piperidine rings is 1. The van der Waals surface area contributed by atoms with Crippen LogP contribution in [0, 0.1) is 6.92 Å². The zero-order valence-electron chi connectivity index (χ0n) is 17.8. The molecule has 2 aromatic heterocycles. The molecule has 1 fully saturated rings. The first-order valence-electron chi connectivity index (χ1n) is 10.6.